The van der Waals surface area contributed by atoms with Crippen LogP contribution in [0.15, 0.2) is 29.2 Å². The zero-order chi connectivity index (χ0) is 18.6. The van der Waals surface area contributed by atoms with Crippen LogP contribution >= 0.6 is 12.4 Å². The third-order valence-corrected chi connectivity index (χ3v) is 6.43. The monoisotopic (exact) mass is 403 g/mol. The highest BCUT2D eigenvalue weighted by Crippen LogP contribution is 2.27. The summed E-state index contributed by atoms with van der Waals surface area (Å²) >= 11 is 0. The van der Waals surface area contributed by atoms with Crippen molar-refractivity contribution >= 4 is 28.3 Å². The number of amides is 1. The molecule has 0 bridgehead atoms. The molecule has 2 unspecified atom stereocenters. The molecule has 2 rings (SSSR count). The number of nitrogens with one attached hydrogen (secondary N) is 1. The van der Waals surface area contributed by atoms with Crippen molar-refractivity contribution in [3.8, 4) is 0 Å². The lowest BCUT2D eigenvalue weighted by Gasteiger charge is -2.34. The first-order valence-electron chi connectivity index (χ1n) is 8.76. The lowest BCUT2D eigenvalue weighted by molar-refractivity contribution is 0.0796. The van der Waals surface area contributed by atoms with Gasteiger partial charge in [0.2, 0.25) is 10.0 Å². The predicted molar refractivity (Wildman–Crippen MR) is 106 cm³/mol. The number of hydrogen-bond acceptors (Lipinski definition) is 4. The van der Waals surface area contributed by atoms with Gasteiger partial charge in [-0.1, -0.05) is 19.9 Å². The van der Waals surface area contributed by atoms with Gasteiger partial charge in [0.15, 0.2) is 0 Å². The van der Waals surface area contributed by atoms with Gasteiger partial charge < -0.3 is 10.2 Å². The van der Waals surface area contributed by atoms with Crippen LogP contribution in [0.3, 0.4) is 0 Å². The number of nitrogens with zero attached hydrogens (tertiary/aromatic N) is 2. The van der Waals surface area contributed by atoms with Gasteiger partial charge in [0.05, 0.1) is 4.90 Å². The smallest absolute Gasteiger partial charge is 0.253 e. The second kappa shape index (κ2) is 9.69. The van der Waals surface area contributed by atoms with Crippen LogP contribution in [0, 0.1) is 11.8 Å². The summed E-state index contributed by atoms with van der Waals surface area (Å²) in [6, 6.07) is 6.38. The molecule has 1 N–H and O–H groups in total. The molecule has 0 saturated carbocycles. The first-order chi connectivity index (χ1) is 11.8. The molecule has 6 nitrogen and oxygen atoms in total. The van der Waals surface area contributed by atoms with Gasteiger partial charge in [-0.05, 0) is 43.5 Å². The zero-order valence-electron chi connectivity index (χ0n) is 15.9. The minimum Gasteiger partial charge on any atom is -0.340 e. The van der Waals surface area contributed by atoms with E-state index in [1.54, 1.807) is 34.5 Å². The molecule has 1 fully saturated rings. The van der Waals surface area contributed by atoms with E-state index in [0.717, 1.165) is 6.42 Å². The van der Waals surface area contributed by atoms with Crippen LogP contribution in [0.5, 0.6) is 0 Å². The molecule has 1 amide bonds. The highest BCUT2D eigenvalue weighted by molar-refractivity contribution is 7.89. The first-order valence-corrected chi connectivity index (χ1v) is 10.2. The van der Waals surface area contributed by atoms with E-state index >= 15 is 0 Å². The minimum atomic E-state index is -3.58. The highest BCUT2D eigenvalue weighted by atomic mass is 35.5. The molecular formula is C18H30ClN3O3S. The topological polar surface area (TPSA) is 69.7 Å². The predicted octanol–water partition coefficient (Wildman–Crippen LogP) is 2.07. The molecule has 1 aromatic carbocycles. The SMILES string of the molecule is CNCCN(C)C(=O)c1cccc(S(=O)(=O)N2CC(C)CC(C)C2)c1.Cl. The second-order valence-electron chi connectivity index (χ2n) is 7.13. The normalized spacial score (nSPS) is 21.1. The van der Waals surface area contributed by atoms with E-state index < -0.39 is 10.0 Å². The van der Waals surface area contributed by atoms with Crippen molar-refractivity contribution in [1.29, 1.82) is 0 Å². The van der Waals surface area contributed by atoms with Gasteiger partial charge in [-0.15, -0.1) is 12.4 Å². The molecule has 1 aromatic rings. The van der Waals surface area contributed by atoms with Gasteiger partial charge in [0.1, 0.15) is 0 Å². The van der Waals surface area contributed by atoms with E-state index in [1.165, 1.54) is 6.07 Å². The Morgan fingerprint density at radius 3 is 2.46 bits per heavy atom. The molecule has 1 heterocycles. The van der Waals surface area contributed by atoms with Crippen molar-refractivity contribution in [2.45, 2.75) is 25.2 Å². The molecular weight excluding hydrogens is 374 g/mol. The van der Waals surface area contributed by atoms with Crippen molar-refractivity contribution in [2.24, 2.45) is 11.8 Å². The number of carbonyl (C=O) groups is 1. The van der Waals surface area contributed by atoms with Crippen molar-refractivity contribution < 1.29 is 13.2 Å². The maximum Gasteiger partial charge on any atom is 0.253 e. The Morgan fingerprint density at radius 1 is 1.27 bits per heavy atom. The average Bonchev–Trinajstić information content (AvgIpc) is 2.58. The van der Waals surface area contributed by atoms with Crippen LogP contribution in [0.1, 0.15) is 30.6 Å². The van der Waals surface area contributed by atoms with Gasteiger partial charge in [0.25, 0.3) is 5.91 Å². The second-order valence-corrected chi connectivity index (χ2v) is 9.06. The van der Waals surface area contributed by atoms with Gasteiger partial charge in [0, 0.05) is 38.8 Å². The quantitative estimate of drug-likeness (QED) is 0.789. The number of carbonyl (C=O) groups excluding carboxylic acids is 1. The van der Waals surface area contributed by atoms with Crippen LogP contribution in [0.4, 0.5) is 0 Å². The van der Waals surface area contributed by atoms with Crippen molar-refractivity contribution in [3.63, 3.8) is 0 Å². The highest BCUT2D eigenvalue weighted by Gasteiger charge is 2.32. The lowest BCUT2D eigenvalue weighted by Crippen LogP contribution is -2.42. The molecule has 1 aliphatic heterocycles. The summed E-state index contributed by atoms with van der Waals surface area (Å²) in [5, 5.41) is 3.00. The molecule has 8 heteroatoms. The number of hydrogen-bond donors (Lipinski definition) is 1. The summed E-state index contributed by atoms with van der Waals surface area (Å²) in [6.07, 6.45) is 1.04. The van der Waals surface area contributed by atoms with Crippen molar-refractivity contribution in [2.75, 3.05) is 40.3 Å². The maximum absolute atomic E-state index is 13.0. The third-order valence-electron chi connectivity index (χ3n) is 4.60. The molecule has 26 heavy (non-hydrogen) atoms. The number of piperidine rings is 1. The van der Waals surface area contributed by atoms with E-state index in [2.05, 4.69) is 19.2 Å². The third kappa shape index (κ3) is 5.42. The van der Waals surface area contributed by atoms with Crippen molar-refractivity contribution in [3.05, 3.63) is 29.8 Å². The summed E-state index contributed by atoms with van der Waals surface area (Å²) in [5.41, 5.74) is 0.401. The number of halogens is 1. The number of benzene rings is 1. The van der Waals surface area contributed by atoms with Crippen LogP contribution in [0.25, 0.3) is 0 Å². The first kappa shape index (κ1) is 22.9. The minimum absolute atomic E-state index is 0. The van der Waals surface area contributed by atoms with Gasteiger partial charge >= 0.3 is 0 Å². The fourth-order valence-electron chi connectivity index (χ4n) is 3.34. The van der Waals surface area contributed by atoms with Gasteiger partial charge in [-0.25, -0.2) is 8.42 Å². The van der Waals surface area contributed by atoms with Gasteiger partial charge in [-0.2, -0.15) is 4.31 Å². The van der Waals surface area contributed by atoms with Crippen LogP contribution in [-0.2, 0) is 10.0 Å². The molecule has 0 aliphatic carbocycles. The van der Waals surface area contributed by atoms with E-state index in [1.807, 2.05) is 7.05 Å². The standard InChI is InChI=1S/C18H29N3O3S.ClH/c1-14-10-15(2)13-21(12-14)25(23,24)17-7-5-6-16(11-17)18(22)20(4)9-8-19-3;/h5-7,11,14-15,19H,8-10,12-13H2,1-4H3;1H. The van der Waals surface area contributed by atoms with E-state index in [0.29, 0.717) is 43.6 Å². The van der Waals surface area contributed by atoms with E-state index in [4.69, 9.17) is 0 Å². The Labute approximate surface area is 163 Å². The Kier molecular flexibility index (Phi) is 8.53. The zero-order valence-corrected chi connectivity index (χ0v) is 17.6. The van der Waals surface area contributed by atoms with Crippen molar-refractivity contribution in [1.82, 2.24) is 14.5 Å². The van der Waals surface area contributed by atoms with E-state index in [-0.39, 0.29) is 23.2 Å². The Hall–Kier alpha value is -1.15. The Bertz CT molecular complexity index is 701. The average molecular weight is 404 g/mol. The molecule has 0 radical (unpaired) electrons. The summed E-state index contributed by atoms with van der Waals surface area (Å²) < 4.78 is 27.5. The molecule has 1 saturated heterocycles. The number of sulfonamides is 1. The number of rotatable bonds is 6. The molecule has 148 valence electrons. The summed E-state index contributed by atoms with van der Waals surface area (Å²) in [5.74, 6) is 0.514. The largest absolute Gasteiger partial charge is 0.340 e. The molecule has 1 aliphatic rings. The maximum atomic E-state index is 13.0. The van der Waals surface area contributed by atoms with E-state index in [9.17, 15) is 13.2 Å². The van der Waals surface area contributed by atoms with Crippen LogP contribution in [-0.4, -0.2) is 63.8 Å². The summed E-state index contributed by atoms with van der Waals surface area (Å²) in [7, 11) is -0.0337. The fraction of sp³-hybridized carbons (Fsp3) is 0.611. The lowest BCUT2D eigenvalue weighted by atomic mass is 9.94. The Morgan fingerprint density at radius 2 is 1.88 bits per heavy atom. The fourth-order valence-corrected chi connectivity index (χ4v) is 5.07. The van der Waals surface area contributed by atoms with Crippen LogP contribution in [0.2, 0.25) is 0 Å². The summed E-state index contributed by atoms with van der Waals surface area (Å²) in [4.78, 5) is 14.3. The van der Waals surface area contributed by atoms with Gasteiger partial charge in [-0.3, -0.25) is 4.79 Å². The van der Waals surface area contributed by atoms with Crippen LogP contribution < -0.4 is 5.32 Å². The summed E-state index contributed by atoms with van der Waals surface area (Å²) in [6.45, 7) is 6.47. The molecule has 0 aromatic heterocycles. The molecule has 2 atom stereocenters. The molecule has 0 spiro atoms. The number of likely N-dealkylation sites (N-methyl/N-ethyl adjacent to an activating group) is 2. The Balaban J connectivity index is 0.00000338.